The van der Waals surface area contributed by atoms with Crippen LogP contribution in [-0.2, 0) is 9.53 Å². The van der Waals surface area contributed by atoms with Gasteiger partial charge in [-0.3, -0.25) is 4.79 Å². The fourth-order valence-electron chi connectivity index (χ4n) is 1.72. The predicted molar refractivity (Wildman–Crippen MR) is 68.1 cm³/mol. The van der Waals surface area contributed by atoms with Crippen LogP contribution in [0.3, 0.4) is 0 Å². The molecule has 1 N–H and O–H groups in total. The molecule has 1 aromatic carbocycles. The van der Waals surface area contributed by atoms with Gasteiger partial charge in [-0.25, -0.2) is 9.59 Å². The van der Waals surface area contributed by atoms with Gasteiger partial charge in [0, 0.05) is 30.1 Å². The molecule has 0 aliphatic carbocycles. The lowest BCUT2D eigenvalue weighted by molar-refractivity contribution is -0.114. The average Bonchev–Trinajstić information content (AvgIpc) is 2.35. The third-order valence-electron chi connectivity index (χ3n) is 2.47. The number of fused-ring (bicyclic) bond motifs is 1. The molecule has 0 unspecified atom stereocenters. The fourth-order valence-corrected chi connectivity index (χ4v) is 1.72. The minimum atomic E-state index is -0.659. The number of hydrogen-bond acceptors (Lipinski definition) is 5. The molecule has 0 aliphatic heterocycles. The lowest BCUT2D eigenvalue weighted by Crippen LogP contribution is -2.09. The third kappa shape index (κ3) is 2.62. The van der Waals surface area contributed by atoms with Crippen molar-refractivity contribution < 1.29 is 18.7 Å². The van der Waals surface area contributed by atoms with Gasteiger partial charge in [0.2, 0.25) is 5.91 Å². The third-order valence-corrected chi connectivity index (χ3v) is 2.47. The Kier molecular flexibility index (Phi) is 3.33. The van der Waals surface area contributed by atoms with Crippen molar-refractivity contribution in [1.82, 2.24) is 0 Å². The van der Waals surface area contributed by atoms with Gasteiger partial charge >= 0.3 is 11.6 Å². The van der Waals surface area contributed by atoms with Crippen molar-refractivity contribution in [2.45, 2.75) is 6.92 Å². The molecule has 0 aliphatic rings. The lowest BCUT2D eigenvalue weighted by Gasteiger charge is -2.06. The van der Waals surface area contributed by atoms with Gasteiger partial charge in [-0.05, 0) is 12.1 Å². The Bertz CT molecular complexity index is 717. The Labute approximate surface area is 108 Å². The van der Waals surface area contributed by atoms with Crippen LogP contribution >= 0.6 is 0 Å². The van der Waals surface area contributed by atoms with Crippen molar-refractivity contribution in [2.75, 3.05) is 12.4 Å². The summed E-state index contributed by atoms with van der Waals surface area (Å²) in [6.45, 7) is 1.37. The van der Waals surface area contributed by atoms with E-state index in [0.29, 0.717) is 11.1 Å². The van der Waals surface area contributed by atoms with E-state index in [1.165, 1.54) is 20.1 Å². The summed E-state index contributed by atoms with van der Waals surface area (Å²) < 4.78 is 9.61. The topological polar surface area (TPSA) is 85.6 Å². The molecule has 0 atom stereocenters. The predicted octanol–water partition coefficient (Wildman–Crippen LogP) is 1.54. The van der Waals surface area contributed by atoms with Crippen LogP contribution in [0, 0.1) is 0 Å². The Morgan fingerprint density at radius 3 is 2.63 bits per heavy atom. The van der Waals surface area contributed by atoms with Gasteiger partial charge in [0.25, 0.3) is 0 Å². The Morgan fingerprint density at radius 2 is 2.00 bits per heavy atom. The van der Waals surface area contributed by atoms with E-state index < -0.39 is 11.6 Å². The zero-order chi connectivity index (χ0) is 14.0. The quantitative estimate of drug-likeness (QED) is 0.654. The molecule has 1 aromatic heterocycles. The van der Waals surface area contributed by atoms with E-state index in [1.54, 1.807) is 12.1 Å². The highest BCUT2D eigenvalue weighted by atomic mass is 16.5. The number of carbonyl (C=O) groups is 2. The number of nitrogens with one attached hydrogen (secondary N) is 1. The van der Waals surface area contributed by atoms with Gasteiger partial charge < -0.3 is 14.5 Å². The number of esters is 1. The number of methoxy groups -OCH3 is 1. The summed E-state index contributed by atoms with van der Waals surface area (Å²) in [6.07, 6.45) is 0. The Hall–Kier alpha value is -2.63. The first-order valence-corrected chi connectivity index (χ1v) is 5.45. The number of amides is 1. The van der Waals surface area contributed by atoms with Crippen molar-refractivity contribution in [2.24, 2.45) is 0 Å². The molecule has 2 aromatic rings. The highest BCUT2D eigenvalue weighted by molar-refractivity contribution is 6.03. The van der Waals surface area contributed by atoms with Crippen LogP contribution in [0.25, 0.3) is 11.0 Å². The zero-order valence-corrected chi connectivity index (χ0v) is 10.4. The molecule has 6 heteroatoms. The number of anilines is 1. The first kappa shape index (κ1) is 12.8. The Balaban J connectivity index is 2.64. The minimum Gasteiger partial charge on any atom is -0.465 e. The van der Waals surface area contributed by atoms with Gasteiger partial charge in [-0.1, -0.05) is 0 Å². The summed E-state index contributed by atoms with van der Waals surface area (Å²) >= 11 is 0. The van der Waals surface area contributed by atoms with E-state index in [9.17, 15) is 14.4 Å². The molecule has 1 heterocycles. The highest BCUT2D eigenvalue weighted by Crippen LogP contribution is 2.21. The minimum absolute atomic E-state index is 0.128. The maximum Gasteiger partial charge on any atom is 0.338 e. The second-order valence-electron chi connectivity index (χ2n) is 3.86. The second-order valence-corrected chi connectivity index (χ2v) is 3.86. The average molecular weight is 261 g/mol. The molecule has 0 radical (unpaired) electrons. The molecule has 2 rings (SSSR count). The summed E-state index contributed by atoms with van der Waals surface area (Å²) in [5, 5.41) is 3.01. The van der Waals surface area contributed by atoms with Crippen LogP contribution in [0.1, 0.15) is 17.3 Å². The van der Waals surface area contributed by atoms with Crippen molar-refractivity contribution in [1.29, 1.82) is 0 Å². The Morgan fingerprint density at radius 1 is 1.26 bits per heavy atom. The van der Waals surface area contributed by atoms with Crippen molar-refractivity contribution in [3.8, 4) is 0 Å². The van der Waals surface area contributed by atoms with Crippen LogP contribution in [0.4, 0.5) is 5.69 Å². The molecule has 6 nitrogen and oxygen atoms in total. The first-order chi connectivity index (χ1) is 9.01. The number of carbonyl (C=O) groups excluding carboxylic acids is 2. The van der Waals surface area contributed by atoms with Crippen LogP contribution in [-0.4, -0.2) is 19.0 Å². The van der Waals surface area contributed by atoms with Gasteiger partial charge in [0.1, 0.15) is 5.58 Å². The largest absolute Gasteiger partial charge is 0.465 e. The normalized spacial score (nSPS) is 10.2. The molecule has 0 saturated carbocycles. The lowest BCUT2D eigenvalue weighted by atomic mass is 10.1. The van der Waals surface area contributed by atoms with E-state index in [0.717, 1.165) is 6.07 Å². The molecular formula is C13H11NO5. The number of benzene rings is 1. The van der Waals surface area contributed by atoms with Gasteiger partial charge in [-0.15, -0.1) is 0 Å². The monoisotopic (exact) mass is 261 g/mol. The van der Waals surface area contributed by atoms with E-state index in [4.69, 9.17) is 4.42 Å². The van der Waals surface area contributed by atoms with Gasteiger partial charge in [0.15, 0.2) is 0 Å². The van der Waals surface area contributed by atoms with Crippen molar-refractivity contribution in [3.05, 3.63) is 40.2 Å². The van der Waals surface area contributed by atoms with Crippen molar-refractivity contribution >= 4 is 28.5 Å². The van der Waals surface area contributed by atoms with Gasteiger partial charge in [0.05, 0.1) is 12.7 Å². The van der Waals surface area contributed by atoms with E-state index in [1.807, 2.05) is 0 Å². The van der Waals surface area contributed by atoms with Gasteiger partial charge in [-0.2, -0.15) is 0 Å². The summed E-state index contributed by atoms with van der Waals surface area (Å²) in [4.78, 5) is 33.9. The summed E-state index contributed by atoms with van der Waals surface area (Å²) in [6, 6.07) is 5.74. The fraction of sp³-hybridized carbons (Fsp3) is 0.154. The number of rotatable bonds is 2. The standard InChI is InChI=1S/C13H11NO5/c1-7(15)14-8-3-4-9-10(13(17)18-2)6-12(16)19-11(9)5-8/h3-6H,1-2H3,(H,14,15). The maximum atomic E-state index is 11.6. The van der Waals surface area contributed by atoms with E-state index in [2.05, 4.69) is 10.1 Å². The smallest absolute Gasteiger partial charge is 0.338 e. The maximum absolute atomic E-state index is 11.6. The second kappa shape index (κ2) is 4.93. The van der Waals surface area contributed by atoms with Crippen LogP contribution in [0.5, 0.6) is 0 Å². The molecule has 19 heavy (non-hydrogen) atoms. The summed E-state index contributed by atoms with van der Waals surface area (Å²) in [5.41, 5.74) is 0.153. The number of hydrogen-bond donors (Lipinski definition) is 1. The highest BCUT2D eigenvalue weighted by Gasteiger charge is 2.13. The zero-order valence-electron chi connectivity index (χ0n) is 10.4. The number of ether oxygens (including phenoxy) is 1. The van der Waals surface area contributed by atoms with Crippen LogP contribution < -0.4 is 10.9 Å². The van der Waals surface area contributed by atoms with E-state index in [-0.39, 0.29) is 17.1 Å². The van der Waals surface area contributed by atoms with Crippen LogP contribution in [0.2, 0.25) is 0 Å². The summed E-state index contributed by atoms with van der Waals surface area (Å²) in [7, 11) is 1.23. The molecule has 98 valence electrons. The molecule has 0 spiro atoms. The van der Waals surface area contributed by atoms with Crippen LogP contribution in [0.15, 0.2) is 33.5 Å². The van der Waals surface area contributed by atoms with Crippen molar-refractivity contribution in [3.63, 3.8) is 0 Å². The molecule has 0 fully saturated rings. The summed E-state index contributed by atoms with van der Waals surface area (Å²) in [5.74, 6) is -0.865. The molecule has 0 saturated heterocycles. The SMILES string of the molecule is COC(=O)c1cc(=O)oc2cc(NC(C)=O)ccc12. The van der Waals surface area contributed by atoms with E-state index >= 15 is 0 Å². The molecule has 1 amide bonds. The first-order valence-electron chi connectivity index (χ1n) is 5.45. The molecule has 0 bridgehead atoms. The molecular weight excluding hydrogens is 250 g/mol.